The number of hydrogen-bond donors (Lipinski definition) is 1. The summed E-state index contributed by atoms with van der Waals surface area (Å²) in [6.45, 7) is 23.1. The van der Waals surface area contributed by atoms with Crippen molar-refractivity contribution < 1.29 is 14.4 Å². The van der Waals surface area contributed by atoms with Crippen LogP contribution in [0.4, 0.5) is 0 Å². The van der Waals surface area contributed by atoms with Crippen molar-refractivity contribution in [3.63, 3.8) is 0 Å². The van der Waals surface area contributed by atoms with Crippen molar-refractivity contribution in [2.24, 2.45) is 38.9 Å². The molecule has 1 N–H and O–H groups in total. The van der Waals surface area contributed by atoms with Crippen LogP contribution in [0.5, 0.6) is 0 Å². The van der Waals surface area contributed by atoms with Crippen LogP contribution in [0.15, 0.2) is 23.3 Å². The van der Waals surface area contributed by atoms with Gasteiger partial charge in [0.25, 0.3) is 0 Å². The fourth-order valence-electron chi connectivity index (χ4n) is 8.83. The van der Waals surface area contributed by atoms with E-state index in [9.17, 15) is 19.6 Å². The number of Topliss-reactive ketones (excluding diaryl/α,β-unsaturated/α-hetero) is 1. The number of allylic oxidation sites excluding steroid dienone is 4. The van der Waals surface area contributed by atoms with Crippen LogP contribution in [0.25, 0.3) is 0 Å². The maximum atomic E-state index is 13.2. The van der Waals surface area contributed by atoms with Crippen molar-refractivity contribution in [2.45, 2.75) is 127 Å². The monoisotopic (exact) mass is 536 g/mol. The molecule has 5 heteroatoms. The van der Waals surface area contributed by atoms with Gasteiger partial charge in [-0.2, -0.15) is 5.26 Å². The van der Waals surface area contributed by atoms with Gasteiger partial charge in [0.2, 0.25) is 5.91 Å². The van der Waals surface area contributed by atoms with Gasteiger partial charge in [0.15, 0.2) is 11.6 Å². The first-order chi connectivity index (χ1) is 17.7. The van der Waals surface area contributed by atoms with Crippen LogP contribution in [0, 0.1) is 50.2 Å². The predicted molar refractivity (Wildman–Crippen MR) is 157 cm³/mol. The number of rotatable bonds is 6. The summed E-state index contributed by atoms with van der Waals surface area (Å²) < 4.78 is 0. The molecule has 0 aromatic rings. The van der Waals surface area contributed by atoms with Gasteiger partial charge < -0.3 is 5.32 Å². The van der Waals surface area contributed by atoms with Crippen LogP contribution in [-0.2, 0) is 14.4 Å². The predicted octanol–water partition coefficient (Wildman–Crippen LogP) is 7.51. The highest BCUT2D eigenvalue weighted by molar-refractivity contribution is 6.04. The van der Waals surface area contributed by atoms with Gasteiger partial charge in [-0.3, -0.25) is 14.4 Å². The smallest absolute Gasteiger partial charge is 0.217 e. The van der Waals surface area contributed by atoms with Crippen molar-refractivity contribution in [1.82, 2.24) is 5.32 Å². The number of hydrogen-bond acceptors (Lipinski definition) is 4. The van der Waals surface area contributed by atoms with Crippen LogP contribution in [0.1, 0.15) is 121 Å². The van der Waals surface area contributed by atoms with Gasteiger partial charge >= 0.3 is 0 Å². The second-order valence-electron chi connectivity index (χ2n) is 15.6. The molecule has 0 aromatic carbocycles. The molecule has 0 radical (unpaired) electrons. The molecular weight excluding hydrogens is 484 g/mol. The number of fused-ring (bicyclic) bond motifs is 1. The number of nitriles is 1. The molecular formula is C34H52N2O3. The molecule has 3 aliphatic carbocycles. The van der Waals surface area contributed by atoms with Crippen LogP contribution in [-0.4, -0.2) is 23.0 Å². The molecule has 0 aromatic heterocycles. The van der Waals surface area contributed by atoms with Crippen molar-refractivity contribution in [1.29, 1.82) is 5.26 Å². The molecule has 2 saturated carbocycles. The maximum Gasteiger partial charge on any atom is 0.217 e. The van der Waals surface area contributed by atoms with Gasteiger partial charge in [0.05, 0.1) is 5.57 Å². The standard InChI is InChI=1S/C34H52N2O3/c1-22-19-29(4,5)14-16-34(22,36-24(3)38)17-15-30(6,7)33(11)13-12-26-31(8,9)28(39)25(21-35)20-32(26,10)27(33)18-23(2)37/h18,20,22,26H,12-17,19H2,1-11H3,(H,36,38)/b27-18-/t22?,26-,32-,33+,34-/m0/s1. The summed E-state index contributed by atoms with van der Waals surface area (Å²) in [4.78, 5) is 38.4. The molecule has 0 heterocycles. The first-order valence-electron chi connectivity index (χ1n) is 14.9. The molecule has 0 aliphatic heterocycles. The molecule has 216 valence electrons. The quantitative estimate of drug-likeness (QED) is 0.356. The summed E-state index contributed by atoms with van der Waals surface area (Å²) >= 11 is 0. The first-order valence-corrected chi connectivity index (χ1v) is 14.9. The molecule has 2 fully saturated rings. The van der Waals surface area contributed by atoms with Gasteiger partial charge in [-0.25, -0.2) is 0 Å². The summed E-state index contributed by atoms with van der Waals surface area (Å²) in [5.41, 5.74) is -0.511. The Balaban J connectivity index is 2.07. The number of nitrogens with zero attached hydrogens (tertiary/aromatic N) is 1. The van der Waals surface area contributed by atoms with Gasteiger partial charge in [0, 0.05) is 23.3 Å². The molecule has 5 atom stereocenters. The second-order valence-corrected chi connectivity index (χ2v) is 15.6. The summed E-state index contributed by atoms with van der Waals surface area (Å²) in [6, 6.07) is 2.17. The van der Waals surface area contributed by atoms with E-state index in [0.717, 1.165) is 50.5 Å². The van der Waals surface area contributed by atoms with E-state index in [0.29, 0.717) is 5.92 Å². The zero-order valence-electron chi connectivity index (χ0n) is 26.4. The van der Waals surface area contributed by atoms with Crippen molar-refractivity contribution >= 4 is 17.5 Å². The molecule has 39 heavy (non-hydrogen) atoms. The molecule has 5 nitrogen and oxygen atoms in total. The van der Waals surface area contributed by atoms with Crippen LogP contribution in [0.2, 0.25) is 0 Å². The van der Waals surface area contributed by atoms with E-state index in [1.54, 1.807) is 19.9 Å². The summed E-state index contributed by atoms with van der Waals surface area (Å²) in [6.07, 6.45) is 10.3. The lowest BCUT2D eigenvalue weighted by Crippen LogP contribution is -2.58. The van der Waals surface area contributed by atoms with Gasteiger partial charge in [-0.15, -0.1) is 0 Å². The number of carbonyl (C=O) groups is 3. The fourth-order valence-corrected chi connectivity index (χ4v) is 8.83. The van der Waals surface area contributed by atoms with Gasteiger partial charge in [-0.05, 0) is 86.0 Å². The maximum absolute atomic E-state index is 13.2. The van der Waals surface area contributed by atoms with E-state index >= 15 is 0 Å². The Morgan fingerprint density at radius 2 is 1.72 bits per heavy atom. The Bertz CT molecular complexity index is 1150. The third-order valence-corrected chi connectivity index (χ3v) is 11.6. The molecule has 0 bridgehead atoms. The Labute approximate surface area is 237 Å². The highest BCUT2D eigenvalue weighted by Crippen LogP contribution is 2.67. The SMILES string of the molecule is CC(=O)/C=C1/[C@@]2(C)C=C(C#N)C(=O)C(C)(C)[C@@H]2CC[C@@]1(C)C(C)(C)CC[C@@]1(NC(C)=O)CCC(C)(C)CC1C. The van der Waals surface area contributed by atoms with Crippen molar-refractivity contribution in [3.8, 4) is 6.07 Å². The highest BCUT2D eigenvalue weighted by atomic mass is 16.1. The fraction of sp³-hybridized carbons (Fsp3) is 0.765. The minimum Gasteiger partial charge on any atom is -0.351 e. The lowest BCUT2D eigenvalue weighted by Gasteiger charge is -2.61. The number of nitrogens with one attached hydrogen (secondary N) is 1. The largest absolute Gasteiger partial charge is 0.351 e. The zero-order valence-corrected chi connectivity index (χ0v) is 26.4. The highest BCUT2D eigenvalue weighted by Gasteiger charge is 2.61. The number of amides is 1. The van der Waals surface area contributed by atoms with Crippen LogP contribution >= 0.6 is 0 Å². The van der Waals surface area contributed by atoms with Crippen LogP contribution < -0.4 is 5.32 Å². The van der Waals surface area contributed by atoms with Crippen molar-refractivity contribution in [2.75, 3.05) is 0 Å². The van der Waals surface area contributed by atoms with E-state index in [1.165, 1.54) is 0 Å². The van der Waals surface area contributed by atoms with E-state index in [4.69, 9.17) is 0 Å². The number of carbonyl (C=O) groups excluding carboxylic acids is 3. The Hall–Kier alpha value is -2.22. The third-order valence-electron chi connectivity index (χ3n) is 11.6. The average Bonchev–Trinajstić information content (AvgIpc) is 2.79. The summed E-state index contributed by atoms with van der Waals surface area (Å²) in [7, 11) is 0. The zero-order chi connectivity index (χ0) is 29.8. The average molecular weight is 537 g/mol. The topological polar surface area (TPSA) is 87.0 Å². The molecule has 1 amide bonds. The number of ketones is 2. The lowest BCUT2D eigenvalue weighted by atomic mass is 9.42. The van der Waals surface area contributed by atoms with Crippen molar-refractivity contribution in [3.05, 3.63) is 23.3 Å². The van der Waals surface area contributed by atoms with E-state index < -0.39 is 10.8 Å². The molecule has 3 rings (SSSR count). The molecule has 1 unspecified atom stereocenters. The second kappa shape index (κ2) is 10.0. The molecule has 0 saturated heterocycles. The van der Waals surface area contributed by atoms with Gasteiger partial charge in [0.1, 0.15) is 6.07 Å². The molecule has 3 aliphatic rings. The minimum atomic E-state index is -0.685. The van der Waals surface area contributed by atoms with E-state index in [1.807, 2.05) is 19.9 Å². The lowest BCUT2D eigenvalue weighted by molar-refractivity contribution is -0.131. The van der Waals surface area contributed by atoms with E-state index in [2.05, 4.69) is 59.9 Å². The van der Waals surface area contributed by atoms with Gasteiger partial charge in [-0.1, -0.05) is 74.0 Å². The Morgan fingerprint density at radius 1 is 1.10 bits per heavy atom. The Kier molecular flexibility index (Phi) is 8.03. The minimum absolute atomic E-state index is 0.00614. The first kappa shape index (κ1) is 31.3. The van der Waals surface area contributed by atoms with Crippen LogP contribution in [0.3, 0.4) is 0 Å². The summed E-state index contributed by atoms with van der Waals surface area (Å²) in [5, 5.41) is 13.3. The molecule has 0 spiro atoms. The Morgan fingerprint density at radius 3 is 2.23 bits per heavy atom. The van der Waals surface area contributed by atoms with E-state index in [-0.39, 0.29) is 50.7 Å². The normalized spacial score (nSPS) is 36.9. The summed E-state index contributed by atoms with van der Waals surface area (Å²) in [5.74, 6) is 0.298. The third kappa shape index (κ3) is 5.30.